The lowest BCUT2D eigenvalue weighted by molar-refractivity contribution is -0.133. The summed E-state index contributed by atoms with van der Waals surface area (Å²) in [4.78, 5) is 31.6. The fourth-order valence-corrected chi connectivity index (χ4v) is 3.83. The lowest BCUT2D eigenvalue weighted by Gasteiger charge is -2.25. The zero-order valence-electron chi connectivity index (χ0n) is 18.5. The average Bonchev–Trinajstić information content (AvgIpc) is 3.16. The highest BCUT2D eigenvalue weighted by molar-refractivity contribution is 5.99. The average molecular weight is 440 g/mol. The van der Waals surface area contributed by atoms with Crippen molar-refractivity contribution in [2.75, 3.05) is 6.61 Å². The minimum absolute atomic E-state index is 0.0422. The first-order valence-corrected chi connectivity index (χ1v) is 10.8. The van der Waals surface area contributed by atoms with Gasteiger partial charge < -0.3 is 15.0 Å². The third kappa shape index (κ3) is 5.58. The molecule has 1 atom stereocenters. The molecule has 0 radical (unpaired) electrons. The molecule has 6 heteroatoms. The van der Waals surface area contributed by atoms with Crippen LogP contribution in [0.2, 0.25) is 0 Å². The minimum Gasteiger partial charge on any atom is -0.481 e. The second-order valence-corrected chi connectivity index (χ2v) is 7.79. The highest BCUT2D eigenvalue weighted by atomic mass is 16.5. The van der Waals surface area contributed by atoms with E-state index in [1.807, 2.05) is 54.6 Å². The van der Waals surface area contributed by atoms with Crippen molar-refractivity contribution in [1.82, 2.24) is 15.2 Å². The lowest BCUT2D eigenvalue weighted by atomic mass is 10.0. The Balaban J connectivity index is 1.49. The summed E-state index contributed by atoms with van der Waals surface area (Å²) in [5.41, 5.74) is 3.43. The minimum atomic E-state index is -0.326. The van der Waals surface area contributed by atoms with Gasteiger partial charge >= 0.3 is 0 Å². The number of hydrogen-bond acceptors (Lipinski definition) is 4. The summed E-state index contributed by atoms with van der Waals surface area (Å²) < 4.78 is 5.58. The van der Waals surface area contributed by atoms with E-state index in [0.29, 0.717) is 25.3 Å². The molecule has 33 heavy (non-hydrogen) atoms. The Labute approximate surface area is 193 Å². The Morgan fingerprint density at radius 1 is 1.06 bits per heavy atom. The molecule has 0 bridgehead atoms. The van der Waals surface area contributed by atoms with E-state index in [9.17, 15) is 9.59 Å². The number of pyridine rings is 1. The molecule has 2 aromatic carbocycles. The Kier molecular flexibility index (Phi) is 7.01. The number of nitrogens with zero attached hydrogens (tertiary/aromatic N) is 2. The van der Waals surface area contributed by atoms with Crippen molar-refractivity contribution in [3.63, 3.8) is 0 Å². The van der Waals surface area contributed by atoms with Crippen molar-refractivity contribution < 1.29 is 14.3 Å². The second-order valence-electron chi connectivity index (χ2n) is 7.79. The van der Waals surface area contributed by atoms with Crippen molar-refractivity contribution in [2.45, 2.75) is 32.5 Å². The number of aromatic nitrogens is 1. The van der Waals surface area contributed by atoms with E-state index in [2.05, 4.69) is 22.1 Å². The van der Waals surface area contributed by atoms with Crippen LogP contribution in [-0.4, -0.2) is 28.3 Å². The van der Waals surface area contributed by atoms with E-state index in [0.717, 1.165) is 22.4 Å². The summed E-state index contributed by atoms with van der Waals surface area (Å²) in [6.07, 6.45) is 3.67. The maximum absolute atomic E-state index is 13.4. The number of amides is 2. The number of nitrogens with one attached hydrogen (secondary N) is 1. The summed E-state index contributed by atoms with van der Waals surface area (Å²) in [5, 5.41) is 2.94. The molecule has 0 unspecified atom stereocenters. The Morgan fingerprint density at radius 3 is 2.61 bits per heavy atom. The highest BCUT2D eigenvalue weighted by Crippen LogP contribution is 2.28. The van der Waals surface area contributed by atoms with E-state index in [-0.39, 0.29) is 24.3 Å². The van der Waals surface area contributed by atoms with Crippen LogP contribution in [0.5, 0.6) is 5.75 Å². The van der Waals surface area contributed by atoms with Crippen molar-refractivity contribution in [3.05, 3.63) is 95.3 Å². The highest BCUT2D eigenvalue weighted by Gasteiger charge is 2.31. The topological polar surface area (TPSA) is 71.5 Å². The molecule has 0 saturated carbocycles. The summed E-state index contributed by atoms with van der Waals surface area (Å²) in [5.74, 6) is 6.23. The lowest BCUT2D eigenvalue weighted by Crippen LogP contribution is -2.33. The third-order valence-electron chi connectivity index (χ3n) is 5.50. The smallest absolute Gasteiger partial charge is 0.252 e. The molecule has 4 rings (SSSR count). The number of hydrogen-bond donors (Lipinski definition) is 1. The van der Waals surface area contributed by atoms with Crippen LogP contribution in [0.15, 0.2) is 73.1 Å². The van der Waals surface area contributed by atoms with Gasteiger partial charge in [-0.15, -0.1) is 5.92 Å². The van der Waals surface area contributed by atoms with Gasteiger partial charge in [-0.2, -0.15) is 0 Å². The van der Waals surface area contributed by atoms with Gasteiger partial charge in [-0.3, -0.25) is 14.6 Å². The largest absolute Gasteiger partial charge is 0.481 e. The number of rotatable bonds is 8. The van der Waals surface area contributed by atoms with Crippen LogP contribution in [0.3, 0.4) is 0 Å². The van der Waals surface area contributed by atoms with E-state index >= 15 is 0 Å². The standard InChI is InChI=1S/C27H25N3O3/c1-2-3-15-33-22-12-10-20(11-13-22)18-30(19-21-7-6-14-28-17-21)26(31)16-25-23-8-4-5-9-24(23)27(32)29-25/h4-14,17,25H,15-16,18-19H2,1H3,(H,29,32)/t25-/m0/s1. The molecule has 1 aromatic heterocycles. The summed E-state index contributed by atoms with van der Waals surface area (Å²) in [6, 6.07) is 18.6. The van der Waals surface area contributed by atoms with Crippen molar-refractivity contribution >= 4 is 11.8 Å². The Bertz CT molecular complexity index is 1180. The van der Waals surface area contributed by atoms with Gasteiger partial charge in [0.2, 0.25) is 5.91 Å². The van der Waals surface area contributed by atoms with E-state index in [1.54, 1.807) is 30.3 Å². The second kappa shape index (κ2) is 10.5. The zero-order valence-corrected chi connectivity index (χ0v) is 18.5. The molecule has 1 N–H and O–H groups in total. The van der Waals surface area contributed by atoms with Crippen molar-refractivity contribution in [3.8, 4) is 17.6 Å². The van der Waals surface area contributed by atoms with Crippen LogP contribution < -0.4 is 10.1 Å². The van der Waals surface area contributed by atoms with Gasteiger partial charge in [-0.05, 0) is 47.9 Å². The first-order valence-electron chi connectivity index (χ1n) is 10.8. The number of carbonyl (C=O) groups excluding carboxylic acids is 2. The van der Waals surface area contributed by atoms with E-state index in [4.69, 9.17) is 4.74 Å². The van der Waals surface area contributed by atoms with Crippen LogP contribution in [0.1, 0.15) is 46.4 Å². The molecule has 2 amide bonds. The molecule has 1 aliphatic rings. The quantitative estimate of drug-likeness (QED) is 0.541. The summed E-state index contributed by atoms with van der Waals surface area (Å²) >= 11 is 0. The molecule has 0 fully saturated rings. The normalized spacial score (nSPS) is 14.0. The van der Waals surface area contributed by atoms with Crippen LogP contribution in [-0.2, 0) is 17.9 Å². The van der Waals surface area contributed by atoms with Crippen molar-refractivity contribution in [1.29, 1.82) is 0 Å². The van der Waals surface area contributed by atoms with Gasteiger partial charge in [0.25, 0.3) is 5.91 Å². The number of carbonyl (C=O) groups is 2. The Morgan fingerprint density at radius 2 is 1.85 bits per heavy atom. The Hall–Kier alpha value is -4.11. The molecule has 3 aromatic rings. The molecule has 0 saturated heterocycles. The number of ether oxygens (including phenoxy) is 1. The summed E-state index contributed by atoms with van der Waals surface area (Å²) in [7, 11) is 0. The van der Waals surface area contributed by atoms with Gasteiger partial charge in [0.05, 0.1) is 12.5 Å². The third-order valence-corrected chi connectivity index (χ3v) is 5.50. The number of benzene rings is 2. The van der Waals surface area contributed by atoms with Crippen LogP contribution in [0.4, 0.5) is 0 Å². The molecule has 2 heterocycles. The van der Waals surface area contributed by atoms with Gasteiger partial charge in [0.15, 0.2) is 0 Å². The van der Waals surface area contributed by atoms with Gasteiger partial charge in [0, 0.05) is 31.0 Å². The molecular formula is C27H25N3O3. The van der Waals surface area contributed by atoms with Crippen LogP contribution in [0, 0.1) is 11.8 Å². The molecular weight excluding hydrogens is 414 g/mol. The van der Waals surface area contributed by atoms with Gasteiger partial charge in [0.1, 0.15) is 12.4 Å². The zero-order chi connectivity index (χ0) is 23.0. The predicted molar refractivity (Wildman–Crippen MR) is 125 cm³/mol. The SMILES string of the molecule is CC#CCOc1ccc(CN(Cc2cccnc2)C(=O)C[C@@H]2NC(=O)c3ccccc32)cc1. The van der Waals surface area contributed by atoms with Crippen LogP contribution in [0.25, 0.3) is 0 Å². The van der Waals surface area contributed by atoms with Gasteiger partial charge in [-0.1, -0.05) is 42.3 Å². The summed E-state index contributed by atoms with van der Waals surface area (Å²) in [6.45, 7) is 2.98. The number of fused-ring (bicyclic) bond motifs is 1. The molecule has 166 valence electrons. The van der Waals surface area contributed by atoms with E-state index < -0.39 is 0 Å². The molecule has 0 spiro atoms. The monoisotopic (exact) mass is 439 g/mol. The predicted octanol–water partition coefficient (Wildman–Crippen LogP) is 3.89. The molecule has 6 nitrogen and oxygen atoms in total. The maximum atomic E-state index is 13.4. The first kappa shape index (κ1) is 22.1. The van der Waals surface area contributed by atoms with E-state index in [1.165, 1.54) is 0 Å². The fourth-order valence-electron chi connectivity index (χ4n) is 3.83. The van der Waals surface area contributed by atoms with Gasteiger partial charge in [-0.25, -0.2) is 0 Å². The fraction of sp³-hybridized carbons (Fsp3) is 0.222. The molecule has 0 aliphatic carbocycles. The first-order chi connectivity index (χ1) is 16.1. The molecule has 1 aliphatic heterocycles. The van der Waals surface area contributed by atoms with Crippen LogP contribution >= 0.6 is 0 Å². The maximum Gasteiger partial charge on any atom is 0.252 e. The van der Waals surface area contributed by atoms with Crippen molar-refractivity contribution in [2.24, 2.45) is 0 Å².